The fourth-order valence-corrected chi connectivity index (χ4v) is 19.9. The maximum absolute atomic E-state index is 13.0. The highest BCUT2D eigenvalue weighted by atomic mass is 32.2. The van der Waals surface area contributed by atoms with Crippen molar-refractivity contribution in [3.63, 3.8) is 0 Å². The van der Waals surface area contributed by atoms with Gasteiger partial charge in [-0.1, -0.05) is 154 Å². The lowest BCUT2D eigenvalue weighted by Gasteiger charge is -2.19. The predicted molar refractivity (Wildman–Crippen MR) is 585 cm³/mol. The zero-order valence-electron chi connectivity index (χ0n) is 84.6. The molecule has 20 rings (SSSR count). The van der Waals surface area contributed by atoms with Crippen molar-refractivity contribution in [2.45, 2.75) is 146 Å². The quantitative estimate of drug-likeness (QED) is 0.0148. The van der Waals surface area contributed by atoms with Gasteiger partial charge in [0.2, 0.25) is 43.1 Å². The third kappa shape index (κ3) is 26.9. The van der Waals surface area contributed by atoms with Gasteiger partial charge in [-0.2, -0.15) is 0 Å². The Kier molecular flexibility index (Phi) is 35.6. The number of hydrogen-bond donors (Lipinski definition) is 5. The number of aromatic nitrogens is 20. The molecule has 42 heteroatoms. The number of halogens is 1. The number of benzene rings is 10. The average molecular weight is 2110 g/mol. The Morgan fingerprint density at radius 3 is 1.15 bits per heavy atom. The van der Waals surface area contributed by atoms with Crippen LogP contribution in [0.15, 0.2) is 275 Å². The minimum absolute atomic E-state index is 0.0676. The molecule has 0 saturated carbocycles. The largest absolute Gasteiger partial charge is 0.454 e. The van der Waals surface area contributed by atoms with Gasteiger partial charge in [0.05, 0.1) is 80.1 Å². The number of rotatable bonds is 32. The Balaban J connectivity index is 0.000000134. The first-order valence-electron chi connectivity index (χ1n) is 48.2. The summed E-state index contributed by atoms with van der Waals surface area (Å²) in [5, 5.41) is 62.1. The summed E-state index contributed by atoms with van der Waals surface area (Å²) in [4.78, 5) is 85.8. The normalized spacial score (nSPS) is 11.6. The number of amides is 5. The van der Waals surface area contributed by atoms with Crippen LogP contribution in [0.3, 0.4) is 0 Å². The first-order valence-corrected chi connectivity index (χ1v) is 53.1. The SMILES string of the molecule is CCn1c(SCC(=O)Nc2ccc(C(C)(C)C)cc2)nnc1-c1ccc2ncn(C)c2c1.CCn1c(SCC(=O)Nc2ccc(F)cc2)nnc1-c1ccc2ncn(C)c2c1.CCn1c(SCC(=O)Nc2ccc(OC(C)=O)cc2)nnc1-c1cccc2c1OCO2.CCn1c(SCC(=O)Nc2cccc(C(C)C)c2)nnc1-c1cccc2c1OCO2.CCn1c(SCC(=O)Nc2ccccc2)nnc1-c1ccc2ncccc2c1. The monoisotopic (exact) mass is 2110 g/mol. The highest BCUT2D eigenvalue weighted by Crippen LogP contribution is 2.44. The standard InChI is InChI=1S/C24H28N6OS.C22H24N4O3S.C21H19N5OS.C21H20N4O5S.C20H19FN6OS/c1-6-30-22(16-7-12-19-20(13-16)29(5)15-25-19)27-28-23(30)32-14-21(31)26-18-10-8-17(9-11-18)24(2,3)4;1-4-26-21(17-9-6-10-18-20(17)29-13-28-18)24-25-22(26)30-12-19(27)23-16-8-5-7-15(11-16)14(2)3;1-2-26-20(16-10-11-18-15(13-16)7-6-12-22-18)24-25-21(26)28-14-19(27)23-17-8-4-3-5-9-17;1-3-25-20(16-5-4-6-17-19(16)29-12-28-17)23-24-21(25)31-11-18(27)22-14-7-9-15(10-8-14)30-13(2)26;1-3-27-19(13-4-9-16-17(10-13)26(2)12-22-16)24-25-20(27)29-11-18(28)23-15-7-5-14(21)6-8-15/h7-13,15H,6,14H2,1-5H3,(H,26,31);5-11,14H,4,12-13H2,1-3H3,(H,23,27);3-13H,2,14H2,1H3,(H,23,27);4-10H,3,11-12H2,1-2H3,(H,22,27);4-10,12H,3,11H2,1-2H3,(H,23,28). The fraction of sp³-hybridized carbons (Fsp3) is 0.250. The topological polar surface area (TPSA) is 411 Å². The molecule has 8 aromatic heterocycles. The van der Waals surface area contributed by atoms with Gasteiger partial charge in [0.15, 0.2) is 77.9 Å². The summed E-state index contributed by atoms with van der Waals surface area (Å²) >= 11 is 6.74. The number of pyridine rings is 1. The summed E-state index contributed by atoms with van der Waals surface area (Å²) in [5.74, 6) is 7.02. The molecule has 0 atom stereocenters. The molecule has 0 fully saturated rings. The molecule has 0 unspecified atom stereocenters. The zero-order chi connectivity index (χ0) is 105. The molecule has 18 aromatic rings. The number of carbonyl (C=O) groups is 6. The van der Waals surface area contributed by atoms with Crippen LogP contribution in [0.2, 0.25) is 0 Å². The molecule has 5 N–H and O–H groups in total. The van der Waals surface area contributed by atoms with E-state index < -0.39 is 5.97 Å². The minimum atomic E-state index is -0.396. The van der Waals surface area contributed by atoms with Crippen LogP contribution >= 0.6 is 58.8 Å². The van der Waals surface area contributed by atoms with E-state index in [1.165, 1.54) is 101 Å². The van der Waals surface area contributed by atoms with Crippen molar-refractivity contribution in [3.05, 3.63) is 266 Å². The Morgan fingerprint density at radius 1 is 0.380 bits per heavy atom. The van der Waals surface area contributed by atoms with Crippen LogP contribution in [0, 0.1) is 5.82 Å². The molecule has 0 bridgehead atoms. The lowest BCUT2D eigenvalue weighted by atomic mass is 9.87. The summed E-state index contributed by atoms with van der Waals surface area (Å²) in [6, 6.07) is 71.0. The van der Waals surface area contributed by atoms with E-state index in [2.05, 4.69) is 164 Å². The molecule has 0 radical (unpaired) electrons. The van der Waals surface area contributed by atoms with Crippen LogP contribution in [-0.4, -0.2) is 176 Å². The van der Waals surface area contributed by atoms with E-state index in [9.17, 15) is 33.2 Å². The Morgan fingerprint density at radius 2 is 0.747 bits per heavy atom. The molecule has 2 aliphatic rings. The summed E-state index contributed by atoms with van der Waals surface area (Å²) < 4.78 is 53.9. The van der Waals surface area contributed by atoms with Crippen LogP contribution in [-0.2, 0) is 81.0 Å². The van der Waals surface area contributed by atoms with Gasteiger partial charge >= 0.3 is 5.97 Å². The number of ether oxygens (including phenoxy) is 5. The molecule has 0 aliphatic carbocycles. The molecule has 5 amide bonds. The van der Waals surface area contributed by atoms with Crippen molar-refractivity contribution in [1.29, 1.82) is 0 Å². The van der Waals surface area contributed by atoms with Gasteiger partial charge in [-0.05, 0) is 227 Å². The van der Waals surface area contributed by atoms with Crippen LogP contribution in [0.1, 0.15) is 93.2 Å². The van der Waals surface area contributed by atoms with Crippen molar-refractivity contribution < 1.29 is 56.8 Å². The maximum Gasteiger partial charge on any atom is 0.308 e. The van der Waals surface area contributed by atoms with E-state index >= 15 is 0 Å². The number of thioether (sulfide) groups is 5. The van der Waals surface area contributed by atoms with Gasteiger partial charge in [-0.25, -0.2) is 14.4 Å². The second-order valence-electron chi connectivity index (χ2n) is 35.1. The van der Waals surface area contributed by atoms with Gasteiger partial charge in [-0.3, -0.25) is 33.8 Å². The number of aryl methyl sites for hydroxylation is 2. The Labute approximate surface area is 885 Å². The molecule has 770 valence electrons. The molecule has 36 nitrogen and oxygen atoms in total. The number of fused-ring (bicyclic) bond motifs is 5. The number of nitrogens with zero attached hydrogens (tertiary/aromatic N) is 20. The molecule has 10 aromatic carbocycles. The molecule has 150 heavy (non-hydrogen) atoms. The first-order chi connectivity index (χ1) is 72.7. The highest BCUT2D eigenvalue weighted by Gasteiger charge is 2.29. The number of anilines is 5. The smallest absolute Gasteiger partial charge is 0.308 e. The number of para-hydroxylation sites is 3. The molecule has 0 spiro atoms. The molecular weight excluding hydrogens is 2000 g/mol. The Bertz CT molecular complexity index is 7820. The van der Waals surface area contributed by atoms with E-state index in [-0.39, 0.29) is 83.1 Å². The minimum Gasteiger partial charge on any atom is -0.454 e. The molecule has 0 saturated heterocycles. The van der Waals surface area contributed by atoms with Crippen molar-refractivity contribution in [2.75, 3.05) is 68.9 Å². The van der Waals surface area contributed by atoms with Gasteiger partial charge in [0, 0.05) is 110 Å². The third-order valence-corrected chi connectivity index (χ3v) is 28.2. The fourth-order valence-electron chi connectivity index (χ4n) is 15.9. The second kappa shape index (κ2) is 50.1. The average Bonchev–Trinajstić information content (AvgIpc) is 1.64. The molecule has 10 heterocycles. The van der Waals surface area contributed by atoms with Crippen molar-refractivity contribution in [2.24, 2.45) is 14.1 Å². The van der Waals surface area contributed by atoms with Crippen molar-refractivity contribution in [3.8, 4) is 85.7 Å². The maximum atomic E-state index is 13.0. The van der Waals surface area contributed by atoms with Crippen LogP contribution in [0.4, 0.5) is 32.8 Å². The van der Waals surface area contributed by atoms with E-state index in [1.807, 2.05) is 225 Å². The lowest BCUT2D eigenvalue weighted by Crippen LogP contribution is -2.15. The number of esters is 1. The van der Waals surface area contributed by atoms with E-state index in [0.29, 0.717) is 99.3 Å². The summed E-state index contributed by atoms with van der Waals surface area (Å²) in [7, 11) is 3.92. The van der Waals surface area contributed by atoms with E-state index in [4.69, 9.17) is 23.7 Å². The van der Waals surface area contributed by atoms with Gasteiger partial charge < -0.3 is 82.2 Å². The van der Waals surface area contributed by atoms with Gasteiger partial charge in [-0.15, -0.1) is 51.0 Å². The van der Waals surface area contributed by atoms with Gasteiger partial charge in [0.1, 0.15) is 11.6 Å². The van der Waals surface area contributed by atoms with Crippen LogP contribution in [0.5, 0.6) is 28.7 Å². The molecule has 2 aliphatic heterocycles. The van der Waals surface area contributed by atoms with Crippen molar-refractivity contribution in [1.82, 2.24) is 97.9 Å². The van der Waals surface area contributed by atoms with Gasteiger partial charge in [0.25, 0.3) is 0 Å². The number of hydrogen-bond acceptors (Lipinski definition) is 29. The highest BCUT2D eigenvalue weighted by molar-refractivity contribution is 8.00. The summed E-state index contributed by atoms with van der Waals surface area (Å²) in [6.45, 7) is 26.0. The lowest BCUT2D eigenvalue weighted by molar-refractivity contribution is -0.132. The predicted octanol–water partition coefficient (Wildman–Crippen LogP) is 20.7. The Hall–Kier alpha value is -16.1. The van der Waals surface area contributed by atoms with Crippen molar-refractivity contribution >= 4 is 156 Å². The zero-order valence-corrected chi connectivity index (χ0v) is 88.7. The van der Waals surface area contributed by atoms with Crippen LogP contribution < -0.4 is 50.3 Å². The first kappa shape index (κ1) is 107. The number of imidazole rings is 2. The molecular formula is C108H110FN25O11S5. The number of nitrogens with one attached hydrogen (secondary N) is 5. The summed E-state index contributed by atoms with van der Waals surface area (Å²) in [6.07, 6.45) is 5.36. The summed E-state index contributed by atoms with van der Waals surface area (Å²) in [5.41, 5.74) is 15.5. The second-order valence-corrected chi connectivity index (χ2v) is 39.9. The number of carbonyl (C=O) groups excluding carboxylic acids is 6. The van der Waals surface area contributed by atoms with E-state index in [0.717, 1.165) is 112 Å². The van der Waals surface area contributed by atoms with E-state index in [1.54, 1.807) is 43.1 Å². The third-order valence-electron chi connectivity index (χ3n) is 23.4. The van der Waals surface area contributed by atoms with Crippen LogP contribution in [0.25, 0.3) is 89.9 Å².